The molecule has 9 heteroatoms. The number of nitrogens with one attached hydrogen (secondary N) is 1. The summed E-state index contributed by atoms with van der Waals surface area (Å²) in [5.74, 6) is 2.07. The molecule has 1 aromatic heterocycles. The monoisotopic (exact) mass is 510 g/mol. The number of hydrogen-bond donors (Lipinski definition) is 1. The first kappa shape index (κ1) is 21.4. The number of benzene rings is 3. The van der Waals surface area contributed by atoms with Crippen LogP contribution in [-0.4, -0.2) is 21.9 Å². The van der Waals surface area contributed by atoms with E-state index >= 15 is 0 Å². The van der Waals surface area contributed by atoms with Gasteiger partial charge >= 0.3 is 0 Å². The third-order valence-electron chi connectivity index (χ3n) is 6.05. The summed E-state index contributed by atoms with van der Waals surface area (Å²) in [7, 11) is 1.64. The highest BCUT2D eigenvalue weighted by Crippen LogP contribution is 2.52. The molecule has 0 fully saturated rings. The lowest BCUT2D eigenvalue weighted by Gasteiger charge is -2.39. The lowest BCUT2D eigenvalue weighted by Crippen LogP contribution is -2.32. The highest BCUT2D eigenvalue weighted by molar-refractivity contribution is 6.35. The number of methoxy groups -OCH3 is 1. The van der Waals surface area contributed by atoms with Gasteiger partial charge in [-0.2, -0.15) is 10.1 Å². The summed E-state index contributed by atoms with van der Waals surface area (Å²) >= 11 is 19.3. The molecule has 2 aliphatic rings. The Bertz CT molecular complexity index is 1450. The minimum Gasteiger partial charge on any atom is -0.497 e. The van der Waals surface area contributed by atoms with Gasteiger partial charge in [0.25, 0.3) is 0 Å². The van der Waals surface area contributed by atoms with Crippen LogP contribution in [-0.2, 0) is 0 Å². The number of nitrogens with zero attached hydrogens (tertiary/aromatic N) is 3. The number of aromatic nitrogens is 3. The Morgan fingerprint density at radius 3 is 2.50 bits per heavy atom. The van der Waals surface area contributed by atoms with Gasteiger partial charge in [0.1, 0.15) is 30.0 Å². The van der Waals surface area contributed by atoms with Gasteiger partial charge < -0.3 is 14.8 Å². The average molecular weight is 512 g/mol. The zero-order chi connectivity index (χ0) is 23.4. The Hall–Kier alpha value is -3.19. The smallest absolute Gasteiger partial charge is 0.226 e. The van der Waals surface area contributed by atoms with Crippen LogP contribution in [0.3, 0.4) is 0 Å². The van der Waals surface area contributed by atoms with Crippen molar-refractivity contribution in [3.63, 3.8) is 0 Å². The minimum absolute atomic E-state index is 0.391. The number of ether oxygens (including phenoxy) is 2. The van der Waals surface area contributed by atoms with E-state index in [0.717, 1.165) is 33.7 Å². The molecule has 3 heterocycles. The second kappa shape index (κ2) is 8.24. The number of anilines is 1. The Balaban J connectivity index is 1.63. The van der Waals surface area contributed by atoms with E-state index in [-0.39, 0.29) is 0 Å². The maximum atomic E-state index is 6.72. The van der Waals surface area contributed by atoms with Crippen molar-refractivity contribution in [2.24, 2.45) is 0 Å². The van der Waals surface area contributed by atoms with Crippen LogP contribution in [0.1, 0.15) is 28.8 Å². The molecular weight excluding hydrogens is 495 g/mol. The zero-order valence-corrected chi connectivity index (χ0v) is 20.1. The van der Waals surface area contributed by atoms with E-state index in [2.05, 4.69) is 15.4 Å². The van der Waals surface area contributed by atoms with Crippen molar-refractivity contribution in [1.82, 2.24) is 14.8 Å². The zero-order valence-electron chi connectivity index (χ0n) is 17.8. The highest BCUT2D eigenvalue weighted by Gasteiger charge is 2.41. The van der Waals surface area contributed by atoms with Crippen molar-refractivity contribution in [2.75, 3.05) is 12.4 Å². The molecule has 0 bridgehead atoms. The van der Waals surface area contributed by atoms with E-state index in [9.17, 15) is 0 Å². The van der Waals surface area contributed by atoms with Gasteiger partial charge in [-0.3, -0.25) is 0 Å². The van der Waals surface area contributed by atoms with E-state index in [4.69, 9.17) is 44.3 Å². The Morgan fingerprint density at radius 2 is 1.74 bits per heavy atom. The highest BCUT2D eigenvalue weighted by atomic mass is 35.5. The first-order valence-corrected chi connectivity index (χ1v) is 11.6. The first-order valence-electron chi connectivity index (χ1n) is 10.5. The summed E-state index contributed by atoms with van der Waals surface area (Å²) in [6.45, 7) is 0. The van der Waals surface area contributed by atoms with E-state index in [1.807, 2.05) is 59.3 Å². The molecule has 2 atom stereocenters. The molecule has 2 aliphatic heterocycles. The van der Waals surface area contributed by atoms with E-state index in [0.29, 0.717) is 26.8 Å². The fourth-order valence-corrected chi connectivity index (χ4v) is 5.20. The lowest BCUT2D eigenvalue weighted by molar-refractivity contribution is 0.223. The summed E-state index contributed by atoms with van der Waals surface area (Å²) in [6, 6.07) is 18.5. The molecule has 0 saturated heterocycles. The Labute approximate surface area is 210 Å². The van der Waals surface area contributed by atoms with Crippen LogP contribution in [0.15, 0.2) is 72.6 Å². The van der Waals surface area contributed by atoms with E-state index < -0.39 is 12.1 Å². The van der Waals surface area contributed by atoms with Gasteiger partial charge in [-0.05, 0) is 53.6 Å². The molecular formula is C25H17Cl3N4O2. The van der Waals surface area contributed by atoms with Gasteiger partial charge in [-0.25, -0.2) is 4.68 Å². The molecule has 4 aromatic rings. The average Bonchev–Trinajstić information content (AvgIpc) is 3.31. The molecule has 6 nitrogen and oxygen atoms in total. The second-order valence-electron chi connectivity index (χ2n) is 7.96. The molecule has 0 saturated carbocycles. The fourth-order valence-electron chi connectivity index (χ4n) is 4.52. The van der Waals surface area contributed by atoms with E-state index in [1.165, 1.54) is 6.33 Å². The van der Waals surface area contributed by atoms with Gasteiger partial charge in [-0.1, -0.05) is 53.0 Å². The minimum atomic E-state index is -0.434. The predicted molar refractivity (Wildman–Crippen MR) is 133 cm³/mol. The molecule has 0 aliphatic carbocycles. The summed E-state index contributed by atoms with van der Waals surface area (Å²) < 4.78 is 13.8. The van der Waals surface area contributed by atoms with Crippen LogP contribution in [0.5, 0.6) is 11.5 Å². The molecule has 0 spiro atoms. The standard InChI is InChI=1S/C25H17Cl3N4O2/c1-33-16-6-2-13(3-7-16)24-21-22(18-10-14(26)5-9-20(18)34-24)31-25-29-12-30-32(25)23(21)17-8-4-15(27)11-19(17)28/h2-12,23-24H,1H3,(H,29,30,31)/t23-,24+/m1/s1. The van der Waals surface area contributed by atoms with Crippen LogP contribution in [0.4, 0.5) is 5.95 Å². The summed E-state index contributed by atoms with van der Waals surface area (Å²) in [5.41, 5.74) is 4.42. The van der Waals surface area contributed by atoms with Gasteiger partial charge in [0, 0.05) is 26.2 Å². The molecule has 0 amide bonds. The lowest BCUT2D eigenvalue weighted by atomic mass is 9.84. The molecule has 170 valence electrons. The van der Waals surface area contributed by atoms with Crippen LogP contribution in [0.25, 0.3) is 5.70 Å². The third kappa shape index (κ3) is 3.41. The second-order valence-corrected chi connectivity index (χ2v) is 9.24. The fraction of sp³-hybridized carbons (Fsp3) is 0.120. The number of halogens is 3. The SMILES string of the molecule is COc1ccc([C@@H]2Oc3ccc(Cl)cc3C3=C2[C@@H](c2ccc(Cl)cc2Cl)n2ncnc2N3)cc1. The first-order chi connectivity index (χ1) is 16.5. The van der Waals surface area contributed by atoms with Gasteiger partial charge in [0.15, 0.2) is 0 Å². The number of fused-ring (bicyclic) bond motifs is 3. The molecule has 0 unspecified atom stereocenters. The third-order valence-corrected chi connectivity index (χ3v) is 6.85. The maximum absolute atomic E-state index is 6.72. The quantitative estimate of drug-likeness (QED) is 0.327. The van der Waals surface area contributed by atoms with Crippen LogP contribution < -0.4 is 14.8 Å². The number of hydrogen-bond acceptors (Lipinski definition) is 5. The summed E-state index contributed by atoms with van der Waals surface area (Å²) in [5, 5.41) is 9.65. The van der Waals surface area contributed by atoms with Gasteiger partial charge in [-0.15, -0.1) is 0 Å². The summed E-state index contributed by atoms with van der Waals surface area (Å²) in [6.07, 6.45) is 1.08. The molecule has 6 rings (SSSR count). The molecule has 34 heavy (non-hydrogen) atoms. The van der Waals surface area contributed by atoms with Crippen molar-refractivity contribution in [1.29, 1.82) is 0 Å². The van der Waals surface area contributed by atoms with Crippen LogP contribution in [0.2, 0.25) is 15.1 Å². The molecule has 1 N–H and O–H groups in total. The predicted octanol–water partition coefficient (Wildman–Crippen LogP) is 6.81. The van der Waals surface area contributed by atoms with Crippen molar-refractivity contribution in [3.8, 4) is 11.5 Å². The normalized spacial score (nSPS) is 18.4. The maximum Gasteiger partial charge on any atom is 0.226 e. The summed E-state index contributed by atoms with van der Waals surface area (Å²) in [4.78, 5) is 4.43. The van der Waals surface area contributed by atoms with Crippen molar-refractivity contribution in [2.45, 2.75) is 12.1 Å². The molecule has 3 aromatic carbocycles. The largest absolute Gasteiger partial charge is 0.497 e. The van der Waals surface area contributed by atoms with Gasteiger partial charge in [0.05, 0.1) is 12.8 Å². The topological polar surface area (TPSA) is 61.2 Å². The van der Waals surface area contributed by atoms with Crippen molar-refractivity contribution < 1.29 is 9.47 Å². The van der Waals surface area contributed by atoms with Crippen LogP contribution in [0, 0.1) is 0 Å². The Morgan fingerprint density at radius 1 is 0.971 bits per heavy atom. The van der Waals surface area contributed by atoms with Crippen molar-refractivity contribution in [3.05, 3.63) is 104 Å². The molecule has 0 radical (unpaired) electrons. The van der Waals surface area contributed by atoms with Crippen LogP contribution >= 0.6 is 34.8 Å². The van der Waals surface area contributed by atoms with Gasteiger partial charge in [0.2, 0.25) is 5.95 Å². The van der Waals surface area contributed by atoms with E-state index in [1.54, 1.807) is 13.2 Å². The van der Waals surface area contributed by atoms with Crippen molar-refractivity contribution >= 4 is 46.4 Å². The number of rotatable bonds is 3. The Kier molecular flexibility index (Phi) is 5.17.